The maximum absolute atomic E-state index is 11.6. The van der Waals surface area contributed by atoms with E-state index in [2.05, 4.69) is 4.72 Å². The summed E-state index contributed by atoms with van der Waals surface area (Å²) < 4.78 is 31.9. The molecule has 0 radical (unpaired) electrons. The maximum atomic E-state index is 11.6. The van der Waals surface area contributed by atoms with Crippen molar-refractivity contribution < 1.29 is 13.2 Å². The molecule has 3 aromatic carbocycles. The highest BCUT2D eigenvalue weighted by atomic mass is 35.5. The molecule has 0 spiro atoms. The van der Waals surface area contributed by atoms with E-state index in [0.717, 1.165) is 45.4 Å². The number of allylic oxidation sites excluding steroid dienone is 1. The Morgan fingerprint density at radius 1 is 1.00 bits per heavy atom. The first-order valence-electron chi connectivity index (χ1n) is 9.12. The van der Waals surface area contributed by atoms with Gasteiger partial charge < -0.3 is 4.74 Å². The fourth-order valence-electron chi connectivity index (χ4n) is 3.60. The van der Waals surface area contributed by atoms with Gasteiger partial charge in [-0.3, -0.25) is 4.72 Å². The van der Waals surface area contributed by atoms with E-state index < -0.39 is 10.0 Å². The molecule has 0 fully saturated rings. The van der Waals surface area contributed by atoms with E-state index in [1.807, 2.05) is 67.6 Å². The molecule has 0 aliphatic carbocycles. The molecule has 1 aliphatic heterocycles. The molecule has 4 rings (SSSR count). The van der Waals surface area contributed by atoms with E-state index in [1.165, 1.54) is 0 Å². The number of nitrogens with one attached hydrogen (secondary N) is 1. The first-order valence-corrected chi connectivity index (χ1v) is 11.4. The second-order valence-electron chi connectivity index (χ2n) is 7.04. The number of hydrogen-bond donors (Lipinski definition) is 1. The summed E-state index contributed by atoms with van der Waals surface area (Å²) in [5, 5.41) is 0.662. The Kier molecular flexibility index (Phi) is 5.11. The third-order valence-electron chi connectivity index (χ3n) is 4.85. The van der Waals surface area contributed by atoms with Crippen LogP contribution in [0.25, 0.3) is 11.1 Å². The van der Waals surface area contributed by atoms with Gasteiger partial charge >= 0.3 is 0 Å². The molecule has 6 heteroatoms. The predicted molar refractivity (Wildman–Crippen MR) is 119 cm³/mol. The predicted octanol–water partition coefficient (Wildman–Crippen LogP) is 5.58. The highest BCUT2D eigenvalue weighted by Gasteiger charge is 2.21. The smallest absolute Gasteiger partial charge is 0.229 e. The summed E-state index contributed by atoms with van der Waals surface area (Å²) in [6, 6.07) is 21.1. The maximum Gasteiger partial charge on any atom is 0.229 e. The Bertz CT molecular complexity index is 1230. The van der Waals surface area contributed by atoms with Crippen LogP contribution in [-0.4, -0.2) is 14.7 Å². The van der Waals surface area contributed by atoms with Gasteiger partial charge in [0, 0.05) is 16.3 Å². The number of benzene rings is 3. The third kappa shape index (κ3) is 4.16. The van der Waals surface area contributed by atoms with Crippen LogP contribution < -0.4 is 9.46 Å². The SMILES string of the molecule is C/C(=C1/c2ccc(Cl)cc2COc2ccccc21)c1cccc(NS(C)(=O)=O)c1. The Labute approximate surface area is 175 Å². The summed E-state index contributed by atoms with van der Waals surface area (Å²) in [6.45, 7) is 2.47. The molecule has 0 saturated heterocycles. The summed E-state index contributed by atoms with van der Waals surface area (Å²) in [6.07, 6.45) is 1.14. The number of hydrogen-bond acceptors (Lipinski definition) is 3. The number of sulfonamides is 1. The Hall–Kier alpha value is -2.76. The van der Waals surface area contributed by atoms with Crippen molar-refractivity contribution >= 4 is 38.5 Å². The summed E-state index contributed by atoms with van der Waals surface area (Å²) in [5.74, 6) is 0.805. The molecular formula is C23H20ClNO3S. The summed E-state index contributed by atoms with van der Waals surface area (Å²) >= 11 is 6.23. The van der Waals surface area contributed by atoms with Crippen LogP contribution in [-0.2, 0) is 16.6 Å². The van der Waals surface area contributed by atoms with Crippen molar-refractivity contribution in [2.45, 2.75) is 13.5 Å². The minimum Gasteiger partial charge on any atom is -0.488 e. The molecule has 0 aromatic heterocycles. The highest BCUT2D eigenvalue weighted by Crippen LogP contribution is 2.41. The van der Waals surface area contributed by atoms with Crippen LogP contribution in [0, 0.1) is 0 Å². The monoisotopic (exact) mass is 425 g/mol. The van der Waals surface area contributed by atoms with E-state index in [0.29, 0.717) is 17.3 Å². The fraction of sp³-hybridized carbons (Fsp3) is 0.130. The second kappa shape index (κ2) is 7.58. The van der Waals surface area contributed by atoms with Crippen LogP contribution in [0.2, 0.25) is 5.02 Å². The quantitative estimate of drug-likeness (QED) is 0.595. The summed E-state index contributed by atoms with van der Waals surface area (Å²) in [4.78, 5) is 0. The molecule has 1 aliphatic rings. The van der Waals surface area contributed by atoms with Crippen molar-refractivity contribution in [1.82, 2.24) is 0 Å². The molecule has 0 bridgehead atoms. The molecule has 1 N–H and O–H groups in total. The van der Waals surface area contributed by atoms with E-state index in [9.17, 15) is 8.42 Å². The molecule has 3 aromatic rings. The lowest BCUT2D eigenvalue weighted by molar-refractivity contribution is 0.307. The van der Waals surface area contributed by atoms with Gasteiger partial charge in [0.25, 0.3) is 0 Å². The molecule has 0 unspecified atom stereocenters. The van der Waals surface area contributed by atoms with Crippen LogP contribution >= 0.6 is 11.6 Å². The first-order chi connectivity index (χ1) is 13.8. The van der Waals surface area contributed by atoms with Crippen molar-refractivity contribution in [2.24, 2.45) is 0 Å². The van der Waals surface area contributed by atoms with Crippen molar-refractivity contribution in [1.29, 1.82) is 0 Å². The van der Waals surface area contributed by atoms with Gasteiger partial charge in [-0.05, 0) is 65.1 Å². The van der Waals surface area contributed by atoms with E-state index >= 15 is 0 Å². The minimum atomic E-state index is -3.35. The molecule has 29 heavy (non-hydrogen) atoms. The minimum absolute atomic E-state index is 0.430. The lowest BCUT2D eigenvalue weighted by Crippen LogP contribution is -2.09. The van der Waals surface area contributed by atoms with Crippen LogP contribution in [0.5, 0.6) is 5.75 Å². The molecule has 1 heterocycles. The van der Waals surface area contributed by atoms with Crippen molar-refractivity contribution in [3.63, 3.8) is 0 Å². The van der Waals surface area contributed by atoms with Crippen molar-refractivity contribution in [2.75, 3.05) is 11.0 Å². The number of fused-ring (bicyclic) bond motifs is 2. The summed E-state index contributed by atoms with van der Waals surface area (Å²) in [7, 11) is -3.35. The highest BCUT2D eigenvalue weighted by molar-refractivity contribution is 7.92. The number of para-hydroxylation sites is 1. The van der Waals surface area contributed by atoms with Gasteiger partial charge in [0.15, 0.2) is 0 Å². The molecular weight excluding hydrogens is 406 g/mol. The molecule has 0 atom stereocenters. The van der Waals surface area contributed by atoms with Crippen LogP contribution in [0.1, 0.15) is 29.2 Å². The van der Waals surface area contributed by atoms with Crippen molar-refractivity contribution in [3.8, 4) is 5.75 Å². The average Bonchev–Trinajstić information content (AvgIpc) is 2.83. The lowest BCUT2D eigenvalue weighted by atomic mass is 9.88. The molecule has 0 amide bonds. The normalized spacial score (nSPS) is 14.9. The van der Waals surface area contributed by atoms with E-state index in [1.54, 1.807) is 6.07 Å². The lowest BCUT2D eigenvalue weighted by Gasteiger charge is -2.16. The zero-order valence-electron chi connectivity index (χ0n) is 16.1. The largest absolute Gasteiger partial charge is 0.488 e. The van der Waals surface area contributed by atoms with Crippen molar-refractivity contribution in [3.05, 3.63) is 94.0 Å². The average molecular weight is 426 g/mol. The van der Waals surface area contributed by atoms with Gasteiger partial charge in [0.05, 0.1) is 6.26 Å². The van der Waals surface area contributed by atoms with Crippen LogP contribution in [0.3, 0.4) is 0 Å². The zero-order valence-corrected chi connectivity index (χ0v) is 17.6. The van der Waals surface area contributed by atoms with Gasteiger partial charge in [0.1, 0.15) is 12.4 Å². The van der Waals surface area contributed by atoms with Gasteiger partial charge in [-0.2, -0.15) is 0 Å². The number of halogens is 1. The number of rotatable bonds is 3. The third-order valence-corrected chi connectivity index (χ3v) is 5.69. The van der Waals surface area contributed by atoms with Gasteiger partial charge in [0.2, 0.25) is 10.0 Å². The molecule has 4 nitrogen and oxygen atoms in total. The first kappa shape index (κ1) is 19.6. The van der Waals surface area contributed by atoms with Gasteiger partial charge in [-0.15, -0.1) is 0 Å². The standard InChI is InChI=1S/C23H20ClNO3S/c1-15(16-6-5-7-19(13-16)25-29(2,26)27)23-20-11-10-18(24)12-17(20)14-28-22-9-4-3-8-21(22)23/h3-13,25H,14H2,1-2H3/b23-15+. The van der Waals surface area contributed by atoms with E-state index in [-0.39, 0.29) is 0 Å². The second-order valence-corrected chi connectivity index (χ2v) is 9.23. The topological polar surface area (TPSA) is 55.4 Å². The number of ether oxygens (including phenoxy) is 1. The summed E-state index contributed by atoms with van der Waals surface area (Å²) in [5.41, 5.74) is 6.56. The molecule has 148 valence electrons. The Morgan fingerprint density at radius 2 is 1.79 bits per heavy atom. The Balaban J connectivity index is 1.95. The van der Waals surface area contributed by atoms with Gasteiger partial charge in [-0.25, -0.2) is 8.42 Å². The Morgan fingerprint density at radius 3 is 2.59 bits per heavy atom. The van der Waals surface area contributed by atoms with Crippen LogP contribution in [0.4, 0.5) is 5.69 Å². The fourth-order valence-corrected chi connectivity index (χ4v) is 4.35. The van der Waals surface area contributed by atoms with Crippen LogP contribution in [0.15, 0.2) is 66.7 Å². The zero-order chi connectivity index (χ0) is 20.6. The van der Waals surface area contributed by atoms with Gasteiger partial charge in [-0.1, -0.05) is 48.0 Å². The number of anilines is 1. The van der Waals surface area contributed by atoms with E-state index in [4.69, 9.17) is 16.3 Å². The molecule has 0 saturated carbocycles.